The van der Waals surface area contributed by atoms with E-state index in [1.165, 1.54) is 17.5 Å². The van der Waals surface area contributed by atoms with Crippen molar-refractivity contribution >= 4 is 17.7 Å². The summed E-state index contributed by atoms with van der Waals surface area (Å²) in [6, 6.07) is 17.7. The van der Waals surface area contributed by atoms with Crippen molar-refractivity contribution in [2.75, 3.05) is 5.75 Å². The molecule has 7 heteroatoms. The Morgan fingerprint density at radius 1 is 0.897 bits per heavy atom. The van der Waals surface area contributed by atoms with Gasteiger partial charge in [-0.3, -0.25) is 14.8 Å². The van der Waals surface area contributed by atoms with E-state index in [4.69, 9.17) is 0 Å². The number of carbonyl (C=O) groups is 1. The molecule has 0 unspecified atom stereocenters. The number of carbonyl (C=O) groups excluding carboxylic acids is 1. The highest BCUT2D eigenvalue weighted by atomic mass is 32.2. The van der Waals surface area contributed by atoms with E-state index in [2.05, 4.69) is 32.4 Å². The zero-order chi connectivity index (χ0) is 19.9. The monoisotopic (exact) mass is 401 g/mol. The molecule has 0 saturated heterocycles. The molecule has 4 aromatic rings. The predicted octanol–water partition coefficient (Wildman–Crippen LogP) is 3.90. The molecular weight excluding hydrogens is 382 g/mol. The quantitative estimate of drug-likeness (QED) is 0.417. The second-order valence-electron chi connectivity index (χ2n) is 6.42. The Morgan fingerprint density at radius 2 is 1.72 bits per heavy atom. The zero-order valence-electron chi connectivity index (χ0n) is 15.7. The molecule has 0 fully saturated rings. The van der Waals surface area contributed by atoms with Crippen molar-refractivity contribution in [1.29, 1.82) is 0 Å². The minimum Gasteiger partial charge on any atom is -0.293 e. The first-order valence-corrected chi connectivity index (χ1v) is 10.2. The third-order valence-electron chi connectivity index (χ3n) is 4.48. The van der Waals surface area contributed by atoms with Gasteiger partial charge in [-0.2, -0.15) is 4.09 Å². The van der Waals surface area contributed by atoms with Crippen LogP contribution >= 0.6 is 11.9 Å². The molecule has 0 aliphatic carbocycles. The molecule has 0 aliphatic rings. The van der Waals surface area contributed by atoms with Crippen LogP contribution in [0.25, 0.3) is 11.3 Å². The highest BCUT2D eigenvalue weighted by molar-refractivity contribution is 7.98. The summed E-state index contributed by atoms with van der Waals surface area (Å²) in [6.07, 6.45) is 8.36. The number of hydrogen-bond acceptors (Lipinski definition) is 6. The van der Waals surface area contributed by atoms with Crippen LogP contribution in [0.5, 0.6) is 0 Å². The van der Waals surface area contributed by atoms with Gasteiger partial charge in [-0.15, -0.1) is 5.10 Å². The maximum Gasteiger partial charge on any atom is 0.176 e. The molecule has 0 N–H and O–H groups in total. The van der Waals surface area contributed by atoms with Crippen LogP contribution in [-0.4, -0.2) is 35.9 Å². The number of benzene rings is 1. The normalized spacial score (nSPS) is 10.8. The van der Waals surface area contributed by atoms with E-state index < -0.39 is 0 Å². The van der Waals surface area contributed by atoms with Crippen LogP contribution in [0.3, 0.4) is 0 Å². The molecule has 0 bridgehead atoms. The Hall–Kier alpha value is -3.32. The summed E-state index contributed by atoms with van der Waals surface area (Å²) in [6.45, 7) is 0. The van der Waals surface area contributed by atoms with Gasteiger partial charge in [-0.25, -0.2) is 0 Å². The number of aromatic nitrogens is 5. The van der Waals surface area contributed by atoms with Crippen molar-refractivity contribution in [2.45, 2.75) is 12.8 Å². The minimum atomic E-state index is 0.0121. The molecule has 144 valence electrons. The number of aryl methyl sites for hydroxylation is 1. The van der Waals surface area contributed by atoms with Crippen LogP contribution < -0.4 is 0 Å². The summed E-state index contributed by atoms with van der Waals surface area (Å²) in [5, 5.41) is 8.70. The van der Waals surface area contributed by atoms with Gasteiger partial charge in [-0.05, 0) is 54.6 Å². The first-order chi connectivity index (χ1) is 14.3. The number of hydrogen-bond donors (Lipinski definition) is 0. The lowest BCUT2D eigenvalue weighted by molar-refractivity contribution is 0.102. The van der Waals surface area contributed by atoms with E-state index in [9.17, 15) is 4.79 Å². The molecule has 0 atom stereocenters. The molecule has 0 spiro atoms. The topological polar surface area (TPSA) is 73.6 Å². The fraction of sp³-hybridized carbons (Fsp3) is 0.136. The van der Waals surface area contributed by atoms with E-state index in [0.717, 1.165) is 29.8 Å². The largest absolute Gasteiger partial charge is 0.293 e. The van der Waals surface area contributed by atoms with E-state index in [0.29, 0.717) is 5.56 Å². The molecule has 29 heavy (non-hydrogen) atoms. The second-order valence-corrected chi connectivity index (χ2v) is 7.31. The molecule has 0 aliphatic heterocycles. The SMILES string of the molecule is O=C(CSn1nnc(-c2ccncc2)c1CCc1ccccc1)c1cccnc1. The Morgan fingerprint density at radius 3 is 2.48 bits per heavy atom. The molecule has 1 aromatic carbocycles. The van der Waals surface area contributed by atoms with E-state index in [-0.39, 0.29) is 11.5 Å². The summed E-state index contributed by atoms with van der Waals surface area (Å²) in [5.41, 5.74) is 4.62. The first-order valence-electron chi connectivity index (χ1n) is 9.26. The third kappa shape index (κ3) is 4.75. The Kier molecular flexibility index (Phi) is 6.07. The number of rotatable bonds is 8. The van der Waals surface area contributed by atoms with Gasteiger partial charge in [0.1, 0.15) is 5.69 Å². The van der Waals surface area contributed by atoms with Crippen LogP contribution in [0.2, 0.25) is 0 Å². The zero-order valence-corrected chi connectivity index (χ0v) is 16.5. The third-order valence-corrected chi connectivity index (χ3v) is 5.41. The van der Waals surface area contributed by atoms with E-state index >= 15 is 0 Å². The van der Waals surface area contributed by atoms with E-state index in [1.54, 1.807) is 41.0 Å². The van der Waals surface area contributed by atoms with Gasteiger partial charge in [-0.1, -0.05) is 35.5 Å². The second kappa shape index (κ2) is 9.25. The number of ketones is 1. The van der Waals surface area contributed by atoms with Crippen molar-refractivity contribution in [3.8, 4) is 11.3 Å². The molecular formula is C22H19N5OS. The highest BCUT2D eigenvalue weighted by Gasteiger charge is 2.17. The molecule has 0 radical (unpaired) electrons. The van der Waals surface area contributed by atoms with Crippen molar-refractivity contribution in [2.24, 2.45) is 0 Å². The molecule has 3 heterocycles. The average molecular weight is 401 g/mol. The Balaban J connectivity index is 1.56. The van der Waals surface area contributed by atoms with E-state index in [1.807, 2.05) is 30.3 Å². The molecule has 3 aromatic heterocycles. The van der Waals surface area contributed by atoms with Crippen LogP contribution in [-0.2, 0) is 12.8 Å². The van der Waals surface area contributed by atoms with Gasteiger partial charge < -0.3 is 0 Å². The molecule has 6 nitrogen and oxygen atoms in total. The summed E-state index contributed by atoms with van der Waals surface area (Å²) < 4.78 is 1.77. The number of pyridine rings is 2. The van der Waals surface area contributed by atoms with Crippen LogP contribution in [0.4, 0.5) is 0 Å². The lowest BCUT2D eigenvalue weighted by Crippen LogP contribution is -2.08. The average Bonchev–Trinajstić information content (AvgIpc) is 3.20. The predicted molar refractivity (Wildman–Crippen MR) is 114 cm³/mol. The fourth-order valence-corrected chi connectivity index (χ4v) is 3.81. The van der Waals surface area contributed by atoms with Crippen molar-refractivity contribution in [1.82, 2.24) is 24.4 Å². The molecule has 0 amide bonds. The molecule has 4 rings (SSSR count). The van der Waals surface area contributed by atoms with Gasteiger partial charge >= 0.3 is 0 Å². The maximum atomic E-state index is 12.5. The minimum absolute atomic E-state index is 0.0121. The Labute approximate surface area is 173 Å². The standard InChI is InChI=1S/C22H19N5OS/c28-21(19-7-4-12-24-15-19)16-29-27-20(9-8-17-5-2-1-3-6-17)22(25-26-27)18-10-13-23-14-11-18/h1-7,10-15H,8-9,16H2. The van der Waals surface area contributed by atoms with Gasteiger partial charge in [0, 0.05) is 35.9 Å². The van der Waals surface area contributed by atoms with Crippen molar-refractivity contribution < 1.29 is 4.79 Å². The van der Waals surface area contributed by atoms with Gasteiger partial charge in [0.2, 0.25) is 0 Å². The number of nitrogens with zero attached hydrogens (tertiary/aromatic N) is 5. The van der Waals surface area contributed by atoms with Crippen molar-refractivity contribution in [3.63, 3.8) is 0 Å². The van der Waals surface area contributed by atoms with Crippen molar-refractivity contribution in [3.05, 3.63) is 96.2 Å². The van der Waals surface area contributed by atoms with Gasteiger partial charge in [0.15, 0.2) is 5.78 Å². The smallest absolute Gasteiger partial charge is 0.176 e. The maximum absolute atomic E-state index is 12.5. The fourth-order valence-electron chi connectivity index (χ4n) is 2.98. The summed E-state index contributed by atoms with van der Waals surface area (Å²) >= 11 is 1.35. The van der Waals surface area contributed by atoms with Crippen LogP contribution in [0.15, 0.2) is 79.4 Å². The van der Waals surface area contributed by atoms with Crippen LogP contribution in [0, 0.1) is 0 Å². The summed E-state index contributed by atoms with van der Waals surface area (Å²) in [5.74, 6) is 0.279. The lowest BCUT2D eigenvalue weighted by atomic mass is 10.0. The first kappa shape index (κ1) is 19.0. The lowest BCUT2D eigenvalue weighted by Gasteiger charge is -2.08. The Bertz CT molecular complexity index is 1070. The highest BCUT2D eigenvalue weighted by Crippen LogP contribution is 2.25. The molecule has 0 saturated carbocycles. The van der Waals surface area contributed by atoms with Gasteiger partial charge in [0.25, 0.3) is 0 Å². The summed E-state index contributed by atoms with van der Waals surface area (Å²) in [7, 11) is 0. The summed E-state index contributed by atoms with van der Waals surface area (Å²) in [4.78, 5) is 20.6. The van der Waals surface area contributed by atoms with Crippen LogP contribution in [0.1, 0.15) is 21.6 Å². The van der Waals surface area contributed by atoms with Gasteiger partial charge in [0.05, 0.1) is 11.4 Å². The number of Topliss-reactive ketones (excluding diaryl/α,β-unsaturated/α-hetero) is 1.